The first-order valence-corrected chi connectivity index (χ1v) is 10.4. The Morgan fingerprint density at radius 1 is 1.24 bits per heavy atom. The Morgan fingerprint density at radius 3 is 2.86 bits per heavy atom. The zero-order valence-corrected chi connectivity index (χ0v) is 17.1. The van der Waals surface area contributed by atoms with E-state index in [0.717, 1.165) is 36.2 Å². The number of likely N-dealkylation sites (tertiary alicyclic amines) is 1. The van der Waals surface area contributed by atoms with E-state index < -0.39 is 0 Å². The Hall–Kier alpha value is -2.79. The van der Waals surface area contributed by atoms with Gasteiger partial charge in [-0.15, -0.1) is 0 Å². The number of carbonyl (C=O) groups is 1. The number of rotatable bonds is 7. The lowest BCUT2D eigenvalue weighted by Gasteiger charge is -2.22. The molecule has 1 aromatic heterocycles. The molecule has 1 saturated heterocycles. The van der Waals surface area contributed by atoms with Gasteiger partial charge in [0.2, 0.25) is 0 Å². The molecule has 1 aliphatic heterocycles. The van der Waals surface area contributed by atoms with Crippen LogP contribution >= 0.6 is 0 Å². The fourth-order valence-corrected chi connectivity index (χ4v) is 4.15. The number of likely N-dealkylation sites (N-methyl/N-ethyl adjacent to an activating group) is 1. The summed E-state index contributed by atoms with van der Waals surface area (Å²) in [6, 6.07) is 16.1. The molecule has 5 nitrogen and oxygen atoms in total. The van der Waals surface area contributed by atoms with E-state index in [0.29, 0.717) is 36.1 Å². The van der Waals surface area contributed by atoms with E-state index in [9.17, 15) is 4.79 Å². The summed E-state index contributed by atoms with van der Waals surface area (Å²) in [6.07, 6.45) is 2.33. The van der Waals surface area contributed by atoms with Crippen molar-refractivity contribution in [3.05, 3.63) is 65.4 Å². The van der Waals surface area contributed by atoms with Gasteiger partial charge in [0.15, 0.2) is 0 Å². The number of nitrogens with one attached hydrogen (secondary N) is 1. The van der Waals surface area contributed by atoms with Crippen LogP contribution < -0.4 is 10.1 Å². The molecule has 1 atom stereocenters. The molecular weight excluding hydrogens is 364 g/mol. The Bertz CT molecular complexity index is 980. The van der Waals surface area contributed by atoms with Crippen molar-refractivity contribution in [2.45, 2.75) is 39.3 Å². The van der Waals surface area contributed by atoms with Crippen LogP contribution in [0.5, 0.6) is 5.75 Å². The van der Waals surface area contributed by atoms with Gasteiger partial charge in [0.05, 0.1) is 5.56 Å². The highest BCUT2D eigenvalue weighted by atomic mass is 16.5. The van der Waals surface area contributed by atoms with E-state index in [1.54, 1.807) is 0 Å². The molecule has 0 bridgehead atoms. The first-order chi connectivity index (χ1) is 14.2. The van der Waals surface area contributed by atoms with Crippen LogP contribution in [0.4, 0.5) is 0 Å². The van der Waals surface area contributed by atoms with Crippen molar-refractivity contribution in [3.63, 3.8) is 0 Å². The van der Waals surface area contributed by atoms with Crippen LogP contribution in [0.3, 0.4) is 0 Å². The number of aryl methyl sites for hydroxylation is 1. The second-order valence-corrected chi connectivity index (χ2v) is 7.60. The van der Waals surface area contributed by atoms with E-state index in [-0.39, 0.29) is 5.91 Å². The summed E-state index contributed by atoms with van der Waals surface area (Å²) in [5, 5.41) is 3.92. The van der Waals surface area contributed by atoms with E-state index in [1.807, 2.05) is 55.5 Å². The van der Waals surface area contributed by atoms with Crippen LogP contribution in [0.1, 0.15) is 41.4 Å². The van der Waals surface area contributed by atoms with Crippen molar-refractivity contribution >= 4 is 16.9 Å². The average molecular weight is 392 g/mol. The lowest BCUT2D eigenvalue weighted by molar-refractivity contribution is 0.0941. The molecule has 0 aliphatic carbocycles. The predicted molar refractivity (Wildman–Crippen MR) is 114 cm³/mol. The number of furan rings is 1. The summed E-state index contributed by atoms with van der Waals surface area (Å²) in [5.41, 5.74) is 2.41. The van der Waals surface area contributed by atoms with Crippen molar-refractivity contribution in [1.29, 1.82) is 0 Å². The van der Waals surface area contributed by atoms with Gasteiger partial charge in [0, 0.05) is 18.0 Å². The van der Waals surface area contributed by atoms with Gasteiger partial charge in [-0.25, -0.2) is 0 Å². The summed E-state index contributed by atoms with van der Waals surface area (Å²) in [4.78, 5) is 15.4. The molecule has 5 heteroatoms. The molecule has 1 fully saturated rings. The zero-order valence-electron chi connectivity index (χ0n) is 17.1. The maximum Gasteiger partial charge on any atom is 0.255 e. The number of amides is 1. The van der Waals surface area contributed by atoms with E-state index in [4.69, 9.17) is 9.15 Å². The minimum atomic E-state index is -0.0792. The highest BCUT2D eigenvalue weighted by Crippen LogP contribution is 2.29. The van der Waals surface area contributed by atoms with E-state index in [2.05, 4.69) is 17.1 Å². The molecule has 4 rings (SSSR count). The first-order valence-electron chi connectivity index (χ1n) is 10.4. The Balaban J connectivity index is 1.49. The fourth-order valence-electron chi connectivity index (χ4n) is 4.15. The third-order valence-corrected chi connectivity index (χ3v) is 5.71. The largest absolute Gasteiger partial charge is 0.489 e. The SMILES string of the molecule is CCN1CCC[C@H]1CNC(=O)c1c(C)oc2ccc(OCc3ccccc3)cc12. The molecule has 1 amide bonds. The molecule has 0 unspecified atom stereocenters. The summed E-state index contributed by atoms with van der Waals surface area (Å²) in [6.45, 7) is 7.31. The van der Waals surface area contributed by atoms with Gasteiger partial charge in [-0.2, -0.15) is 0 Å². The Kier molecular flexibility index (Phi) is 5.86. The monoisotopic (exact) mass is 392 g/mol. The number of ether oxygens (including phenoxy) is 1. The van der Waals surface area contributed by atoms with Crippen LogP contribution in [0.25, 0.3) is 11.0 Å². The second kappa shape index (κ2) is 8.70. The molecule has 0 radical (unpaired) electrons. The number of fused-ring (bicyclic) bond motifs is 1. The zero-order chi connectivity index (χ0) is 20.2. The van der Waals surface area contributed by atoms with Gasteiger partial charge in [-0.1, -0.05) is 37.3 Å². The van der Waals surface area contributed by atoms with E-state index >= 15 is 0 Å². The van der Waals surface area contributed by atoms with Gasteiger partial charge in [-0.3, -0.25) is 9.69 Å². The molecule has 152 valence electrons. The van der Waals surface area contributed by atoms with Gasteiger partial charge in [-0.05, 0) is 56.6 Å². The van der Waals surface area contributed by atoms with Crippen molar-refractivity contribution in [2.24, 2.45) is 0 Å². The quantitative estimate of drug-likeness (QED) is 0.642. The standard InChI is InChI=1S/C24H28N2O3/c1-3-26-13-7-10-19(26)15-25-24(27)23-17(2)29-22-12-11-20(14-21(22)23)28-16-18-8-5-4-6-9-18/h4-6,8-9,11-12,14,19H,3,7,10,13,15-16H2,1-2H3,(H,25,27)/t19-/m0/s1. The molecule has 29 heavy (non-hydrogen) atoms. The number of benzene rings is 2. The van der Waals surface area contributed by atoms with E-state index in [1.165, 1.54) is 6.42 Å². The number of hydrogen-bond donors (Lipinski definition) is 1. The highest BCUT2D eigenvalue weighted by Gasteiger charge is 2.25. The molecule has 2 heterocycles. The number of hydrogen-bond acceptors (Lipinski definition) is 4. The number of carbonyl (C=O) groups excluding carboxylic acids is 1. The van der Waals surface area contributed by atoms with Crippen LogP contribution in [0.2, 0.25) is 0 Å². The van der Waals surface area contributed by atoms with Crippen LogP contribution in [0, 0.1) is 6.92 Å². The summed E-state index contributed by atoms with van der Waals surface area (Å²) < 4.78 is 11.8. The third kappa shape index (κ3) is 4.30. The molecule has 1 N–H and O–H groups in total. The topological polar surface area (TPSA) is 54.7 Å². The van der Waals surface area contributed by atoms with Gasteiger partial charge in [0.25, 0.3) is 5.91 Å². The fraction of sp³-hybridized carbons (Fsp3) is 0.375. The van der Waals surface area contributed by atoms with Crippen LogP contribution in [-0.2, 0) is 6.61 Å². The molecule has 2 aromatic carbocycles. The van der Waals surface area contributed by atoms with Gasteiger partial charge >= 0.3 is 0 Å². The first kappa shape index (κ1) is 19.5. The summed E-state index contributed by atoms with van der Waals surface area (Å²) >= 11 is 0. The van der Waals surface area contributed by atoms with Crippen molar-refractivity contribution in [1.82, 2.24) is 10.2 Å². The molecular formula is C24H28N2O3. The Morgan fingerprint density at radius 2 is 2.07 bits per heavy atom. The van der Waals surface area contributed by atoms with Gasteiger partial charge in [0.1, 0.15) is 23.7 Å². The van der Waals surface area contributed by atoms with Crippen molar-refractivity contribution < 1.29 is 13.9 Å². The minimum Gasteiger partial charge on any atom is -0.489 e. The minimum absolute atomic E-state index is 0.0792. The van der Waals surface area contributed by atoms with Crippen molar-refractivity contribution in [2.75, 3.05) is 19.6 Å². The smallest absolute Gasteiger partial charge is 0.255 e. The molecule has 3 aromatic rings. The second-order valence-electron chi connectivity index (χ2n) is 7.60. The third-order valence-electron chi connectivity index (χ3n) is 5.71. The van der Waals surface area contributed by atoms with Crippen molar-refractivity contribution in [3.8, 4) is 5.75 Å². The molecule has 0 saturated carbocycles. The lowest BCUT2D eigenvalue weighted by Crippen LogP contribution is -2.40. The summed E-state index contributed by atoms with van der Waals surface area (Å²) in [5.74, 6) is 1.28. The predicted octanol–water partition coefficient (Wildman–Crippen LogP) is 4.53. The normalized spacial score (nSPS) is 17.0. The number of nitrogens with zero attached hydrogens (tertiary/aromatic N) is 1. The Labute approximate surface area is 171 Å². The maximum atomic E-state index is 13.0. The lowest BCUT2D eigenvalue weighted by atomic mass is 10.1. The summed E-state index contributed by atoms with van der Waals surface area (Å²) in [7, 11) is 0. The van der Waals surface area contributed by atoms with Gasteiger partial charge < -0.3 is 14.5 Å². The molecule has 0 spiro atoms. The maximum absolute atomic E-state index is 13.0. The van der Waals surface area contributed by atoms with Crippen LogP contribution in [0.15, 0.2) is 52.9 Å². The average Bonchev–Trinajstić information content (AvgIpc) is 3.33. The highest BCUT2D eigenvalue weighted by molar-refractivity contribution is 6.07. The van der Waals surface area contributed by atoms with Crippen LogP contribution in [-0.4, -0.2) is 36.5 Å². The molecule has 1 aliphatic rings.